The van der Waals surface area contributed by atoms with Gasteiger partial charge in [0.25, 0.3) is 0 Å². The van der Waals surface area contributed by atoms with Gasteiger partial charge in [0.1, 0.15) is 5.69 Å². The molecular weight excluding hydrogens is 178 g/mol. The lowest BCUT2D eigenvalue weighted by atomic mass is 10.3. The molecule has 0 aromatic carbocycles. The zero-order valence-corrected chi connectivity index (χ0v) is 6.71. The molecule has 1 rings (SSSR count). The van der Waals surface area contributed by atoms with Gasteiger partial charge in [0.05, 0.1) is 0 Å². The van der Waals surface area contributed by atoms with Crippen molar-refractivity contribution in [2.45, 2.75) is 0 Å². The minimum atomic E-state index is -0.0702. The number of hydrogen-bond donors (Lipinski definition) is 2. The number of nitroso groups, excluding NO2 is 1. The topological polar surface area (TPSA) is 107 Å². The Hall–Kier alpha value is -1.63. The molecule has 4 N–H and O–H groups in total. The van der Waals surface area contributed by atoms with Gasteiger partial charge >= 0.3 is 0 Å². The molecule has 0 aliphatic heterocycles. The Balaban J connectivity index is 3.43. The highest BCUT2D eigenvalue weighted by molar-refractivity contribution is 7.79. The lowest BCUT2D eigenvalue weighted by molar-refractivity contribution is 1.17. The van der Waals surface area contributed by atoms with Crippen molar-refractivity contribution in [1.82, 2.24) is 9.97 Å². The van der Waals surface area contributed by atoms with Crippen LogP contribution in [0.1, 0.15) is 5.69 Å². The molecule has 7 heteroatoms. The second-order valence-electron chi connectivity index (χ2n) is 1.91. The number of anilines is 2. The van der Waals surface area contributed by atoms with E-state index in [2.05, 4.69) is 27.4 Å². The molecule has 62 valence electrons. The van der Waals surface area contributed by atoms with Gasteiger partial charge in [-0.05, 0) is 5.18 Å². The molecular formula is C5H5N5OS. The Morgan fingerprint density at radius 3 is 2.58 bits per heavy atom. The number of aromatic nitrogens is 2. The van der Waals surface area contributed by atoms with Gasteiger partial charge in [-0.2, -0.15) is 4.98 Å². The van der Waals surface area contributed by atoms with Crippen molar-refractivity contribution >= 4 is 35.0 Å². The van der Waals surface area contributed by atoms with Gasteiger partial charge in [0.2, 0.25) is 5.95 Å². The predicted octanol–water partition coefficient (Wildman–Crippen LogP) is 0.387. The maximum atomic E-state index is 10.2. The minimum Gasteiger partial charge on any atom is -0.382 e. The van der Waals surface area contributed by atoms with Crippen LogP contribution in [0.5, 0.6) is 0 Å². The van der Waals surface area contributed by atoms with E-state index in [-0.39, 0.29) is 23.1 Å². The van der Waals surface area contributed by atoms with Crippen LogP contribution < -0.4 is 11.5 Å². The van der Waals surface area contributed by atoms with Crippen LogP contribution in [0.15, 0.2) is 5.18 Å². The summed E-state index contributed by atoms with van der Waals surface area (Å²) in [7, 11) is 0. The van der Waals surface area contributed by atoms with E-state index in [4.69, 9.17) is 11.5 Å². The third kappa shape index (κ3) is 1.35. The zero-order chi connectivity index (χ0) is 9.14. The van der Waals surface area contributed by atoms with E-state index in [9.17, 15) is 4.91 Å². The Kier molecular flexibility index (Phi) is 2.24. The molecule has 0 aliphatic rings. The highest BCUT2D eigenvalue weighted by Crippen LogP contribution is 2.22. The number of thiocarbonyl (C=S) groups is 1. The highest BCUT2D eigenvalue weighted by atomic mass is 32.1. The molecule has 0 amide bonds. The molecule has 0 saturated carbocycles. The molecule has 0 radical (unpaired) electrons. The quantitative estimate of drug-likeness (QED) is 0.507. The average molecular weight is 183 g/mol. The summed E-state index contributed by atoms with van der Waals surface area (Å²) in [5, 5.41) is 3.80. The molecule has 0 unspecified atom stereocenters. The van der Waals surface area contributed by atoms with Crippen LogP contribution in [0.25, 0.3) is 0 Å². The molecule has 1 aromatic heterocycles. The first-order valence-electron chi connectivity index (χ1n) is 2.90. The predicted molar refractivity (Wildman–Crippen MR) is 49.1 cm³/mol. The summed E-state index contributed by atoms with van der Waals surface area (Å²) in [5.74, 6) is -0.0930. The number of rotatable bonds is 2. The molecule has 0 saturated heterocycles. The van der Waals surface area contributed by atoms with Crippen molar-refractivity contribution in [1.29, 1.82) is 0 Å². The van der Waals surface area contributed by atoms with Gasteiger partial charge in [-0.1, -0.05) is 12.2 Å². The number of nitrogen functional groups attached to an aromatic ring is 2. The Bertz CT molecular complexity index is 339. The first-order chi connectivity index (χ1) is 5.69. The lowest BCUT2D eigenvalue weighted by Gasteiger charge is -1.99. The fraction of sp³-hybridized carbons (Fsp3) is 0. The van der Waals surface area contributed by atoms with Gasteiger partial charge in [-0.25, -0.2) is 4.98 Å². The fourth-order valence-corrected chi connectivity index (χ4v) is 0.849. The molecule has 0 spiro atoms. The molecule has 6 nitrogen and oxygen atoms in total. The summed E-state index contributed by atoms with van der Waals surface area (Å²) in [5.41, 5.74) is 10.7. The molecule has 1 heterocycles. The largest absolute Gasteiger partial charge is 0.382 e. The average Bonchev–Trinajstić information content (AvgIpc) is 2.03. The van der Waals surface area contributed by atoms with Crippen LogP contribution >= 0.6 is 12.2 Å². The Morgan fingerprint density at radius 1 is 1.42 bits per heavy atom. The van der Waals surface area contributed by atoms with E-state index in [1.165, 1.54) is 5.37 Å². The fourth-order valence-electron chi connectivity index (χ4n) is 0.685. The summed E-state index contributed by atoms with van der Waals surface area (Å²) >= 11 is 4.57. The monoisotopic (exact) mass is 183 g/mol. The Labute approximate surface area is 73.0 Å². The van der Waals surface area contributed by atoms with E-state index < -0.39 is 0 Å². The van der Waals surface area contributed by atoms with Crippen molar-refractivity contribution in [3.05, 3.63) is 10.6 Å². The molecule has 12 heavy (non-hydrogen) atoms. The third-order valence-corrected chi connectivity index (χ3v) is 1.38. The minimum absolute atomic E-state index is 0.0315. The SMILES string of the molecule is Nc1nc(N)c(N=O)c(C=S)n1. The van der Waals surface area contributed by atoms with Crippen molar-refractivity contribution < 1.29 is 0 Å². The van der Waals surface area contributed by atoms with Gasteiger partial charge in [-0.15, -0.1) is 4.91 Å². The van der Waals surface area contributed by atoms with Gasteiger partial charge in [-0.3, -0.25) is 0 Å². The summed E-state index contributed by atoms with van der Waals surface area (Å²) < 4.78 is 0. The number of hydrogen-bond acceptors (Lipinski definition) is 7. The maximum absolute atomic E-state index is 10.2. The summed E-state index contributed by atoms with van der Waals surface area (Å²) in [6.07, 6.45) is 0. The molecule has 0 bridgehead atoms. The second kappa shape index (κ2) is 3.18. The normalized spacial score (nSPS) is 9.33. The third-order valence-electron chi connectivity index (χ3n) is 1.16. The summed E-state index contributed by atoms with van der Waals surface area (Å²) in [6, 6.07) is 0. The lowest BCUT2D eigenvalue weighted by Crippen LogP contribution is -2.02. The Morgan fingerprint density at radius 2 is 2.08 bits per heavy atom. The molecule has 0 atom stereocenters. The van der Waals surface area contributed by atoms with E-state index in [0.717, 1.165) is 0 Å². The maximum Gasteiger partial charge on any atom is 0.222 e. The molecule has 0 aliphatic carbocycles. The smallest absolute Gasteiger partial charge is 0.222 e. The van der Waals surface area contributed by atoms with Crippen LogP contribution in [0, 0.1) is 4.91 Å². The van der Waals surface area contributed by atoms with Crippen molar-refractivity contribution in [2.75, 3.05) is 11.5 Å². The first-order valence-corrected chi connectivity index (χ1v) is 3.37. The van der Waals surface area contributed by atoms with E-state index in [1.54, 1.807) is 0 Å². The molecule has 0 fully saturated rings. The zero-order valence-electron chi connectivity index (χ0n) is 5.89. The van der Waals surface area contributed by atoms with E-state index in [0.29, 0.717) is 0 Å². The second-order valence-corrected chi connectivity index (χ2v) is 2.15. The van der Waals surface area contributed by atoms with E-state index >= 15 is 0 Å². The number of nitrogens with two attached hydrogens (primary N) is 2. The standard InChI is InChI=1S/C5H5N5OS/c6-4-3(10-11)2(1-12)8-5(7)9-4/h1H,(H4,6,7,8,9). The van der Waals surface area contributed by atoms with Crippen LogP contribution in [-0.2, 0) is 0 Å². The van der Waals surface area contributed by atoms with Crippen molar-refractivity contribution in [3.8, 4) is 0 Å². The van der Waals surface area contributed by atoms with Crippen LogP contribution in [0.2, 0.25) is 0 Å². The van der Waals surface area contributed by atoms with Crippen LogP contribution in [0.4, 0.5) is 17.5 Å². The van der Waals surface area contributed by atoms with E-state index in [1.807, 2.05) is 0 Å². The number of nitrogens with zero attached hydrogens (tertiary/aromatic N) is 3. The van der Waals surface area contributed by atoms with Crippen molar-refractivity contribution in [2.24, 2.45) is 5.18 Å². The summed E-state index contributed by atoms with van der Waals surface area (Å²) in [6.45, 7) is 0. The van der Waals surface area contributed by atoms with Gasteiger partial charge in [0, 0.05) is 5.37 Å². The first kappa shape index (κ1) is 8.47. The highest BCUT2D eigenvalue weighted by Gasteiger charge is 2.08. The summed E-state index contributed by atoms with van der Waals surface area (Å²) in [4.78, 5) is 17.4. The van der Waals surface area contributed by atoms with Crippen LogP contribution in [-0.4, -0.2) is 15.3 Å². The van der Waals surface area contributed by atoms with Crippen molar-refractivity contribution in [3.63, 3.8) is 0 Å². The van der Waals surface area contributed by atoms with Gasteiger partial charge < -0.3 is 11.5 Å². The van der Waals surface area contributed by atoms with Crippen LogP contribution in [0.3, 0.4) is 0 Å². The molecule has 1 aromatic rings. The van der Waals surface area contributed by atoms with Gasteiger partial charge in [0.15, 0.2) is 11.5 Å².